The van der Waals surface area contributed by atoms with Crippen LogP contribution < -0.4 is 10.0 Å². The van der Waals surface area contributed by atoms with Gasteiger partial charge in [0, 0.05) is 18.7 Å². The molecule has 0 bridgehead atoms. The molecule has 0 aliphatic rings. The molecule has 6 heteroatoms. The molecule has 0 atom stereocenters. The standard InChI is InChI=1S/C19H22N2O3S/c1-15(2)21-25(23,24)18-10-6-9-17(13-18)14-20-19(22)12-11-16-7-4-3-5-8-16/h3-13,15,21H,14H2,1-2H3,(H,20,22)/b12-11+. The molecule has 0 saturated carbocycles. The SMILES string of the molecule is CC(C)NS(=O)(=O)c1cccc(CNC(=O)/C=C/c2ccccc2)c1. The van der Waals surface area contributed by atoms with Gasteiger partial charge in [-0.15, -0.1) is 0 Å². The van der Waals surface area contributed by atoms with Crippen molar-refractivity contribution in [3.63, 3.8) is 0 Å². The van der Waals surface area contributed by atoms with Crippen molar-refractivity contribution in [2.24, 2.45) is 0 Å². The Morgan fingerprint density at radius 1 is 1.08 bits per heavy atom. The second-order valence-electron chi connectivity index (χ2n) is 5.89. The Hall–Kier alpha value is -2.44. The van der Waals surface area contributed by atoms with Crippen LogP contribution in [0.15, 0.2) is 65.6 Å². The summed E-state index contributed by atoms with van der Waals surface area (Å²) in [7, 11) is -3.54. The summed E-state index contributed by atoms with van der Waals surface area (Å²) in [4.78, 5) is 12.1. The average molecular weight is 358 g/mol. The average Bonchev–Trinajstić information content (AvgIpc) is 2.58. The first-order valence-electron chi connectivity index (χ1n) is 7.99. The monoisotopic (exact) mass is 358 g/mol. The molecule has 0 aliphatic heterocycles. The van der Waals surface area contributed by atoms with E-state index in [2.05, 4.69) is 10.0 Å². The predicted octanol–water partition coefficient (Wildman–Crippen LogP) is 2.70. The van der Waals surface area contributed by atoms with Crippen molar-refractivity contribution in [1.29, 1.82) is 0 Å². The van der Waals surface area contributed by atoms with Gasteiger partial charge in [-0.25, -0.2) is 13.1 Å². The van der Waals surface area contributed by atoms with Crippen LogP contribution in [0, 0.1) is 0 Å². The third-order valence-electron chi connectivity index (χ3n) is 3.29. The predicted molar refractivity (Wildman–Crippen MR) is 99.2 cm³/mol. The Labute approximate surface area is 148 Å². The van der Waals surface area contributed by atoms with Crippen LogP contribution >= 0.6 is 0 Å². The lowest BCUT2D eigenvalue weighted by atomic mass is 10.2. The minimum absolute atomic E-state index is 0.184. The van der Waals surface area contributed by atoms with Crippen molar-refractivity contribution < 1.29 is 13.2 Å². The number of amides is 1. The van der Waals surface area contributed by atoms with E-state index in [1.165, 1.54) is 12.1 Å². The zero-order chi connectivity index (χ0) is 18.3. The number of nitrogens with one attached hydrogen (secondary N) is 2. The van der Waals surface area contributed by atoms with E-state index in [0.29, 0.717) is 5.56 Å². The molecule has 0 saturated heterocycles. The topological polar surface area (TPSA) is 75.3 Å². The van der Waals surface area contributed by atoms with Gasteiger partial charge in [0.2, 0.25) is 15.9 Å². The van der Waals surface area contributed by atoms with Gasteiger partial charge >= 0.3 is 0 Å². The molecular formula is C19H22N2O3S. The number of hydrogen-bond acceptors (Lipinski definition) is 3. The van der Waals surface area contributed by atoms with E-state index in [1.807, 2.05) is 30.3 Å². The van der Waals surface area contributed by atoms with E-state index >= 15 is 0 Å². The molecule has 0 aromatic heterocycles. The summed E-state index contributed by atoms with van der Waals surface area (Å²) >= 11 is 0. The number of rotatable bonds is 7. The van der Waals surface area contributed by atoms with Crippen LogP contribution in [0.2, 0.25) is 0 Å². The van der Waals surface area contributed by atoms with Gasteiger partial charge < -0.3 is 5.32 Å². The van der Waals surface area contributed by atoms with Crippen LogP contribution in [0.25, 0.3) is 6.08 Å². The fraction of sp³-hybridized carbons (Fsp3) is 0.211. The summed E-state index contributed by atoms with van der Waals surface area (Å²) in [5.41, 5.74) is 1.65. The molecule has 2 aromatic rings. The fourth-order valence-electron chi connectivity index (χ4n) is 2.19. The van der Waals surface area contributed by atoms with Gasteiger partial charge in [-0.2, -0.15) is 0 Å². The zero-order valence-corrected chi connectivity index (χ0v) is 15.1. The van der Waals surface area contributed by atoms with Gasteiger partial charge in [0.1, 0.15) is 0 Å². The summed E-state index contributed by atoms with van der Waals surface area (Å²) < 4.78 is 26.9. The van der Waals surface area contributed by atoms with Gasteiger partial charge in [0.15, 0.2) is 0 Å². The van der Waals surface area contributed by atoms with E-state index in [1.54, 1.807) is 38.1 Å². The Morgan fingerprint density at radius 2 is 1.80 bits per heavy atom. The lowest BCUT2D eigenvalue weighted by Crippen LogP contribution is -2.30. The highest BCUT2D eigenvalue weighted by Crippen LogP contribution is 2.12. The molecular weight excluding hydrogens is 336 g/mol. The Bertz CT molecular complexity index is 844. The lowest BCUT2D eigenvalue weighted by molar-refractivity contribution is -0.116. The first-order chi connectivity index (χ1) is 11.9. The normalized spacial score (nSPS) is 11.8. The van der Waals surface area contributed by atoms with Gasteiger partial charge in [-0.3, -0.25) is 4.79 Å². The maximum absolute atomic E-state index is 12.2. The number of sulfonamides is 1. The molecule has 0 unspecified atom stereocenters. The minimum Gasteiger partial charge on any atom is -0.348 e. The molecule has 25 heavy (non-hydrogen) atoms. The van der Waals surface area contributed by atoms with E-state index in [-0.39, 0.29) is 23.4 Å². The lowest BCUT2D eigenvalue weighted by Gasteiger charge is -2.11. The van der Waals surface area contributed by atoms with Crippen molar-refractivity contribution in [1.82, 2.24) is 10.0 Å². The zero-order valence-electron chi connectivity index (χ0n) is 14.3. The summed E-state index contributed by atoms with van der Waals surface area (Å²) in [5, 5.41) is 2.75. The third-order valence-corrected chi connectivity index (χ3v) is 4.95. The highest BCUT2D eigenvalue weighted by atomic mass is 32.2. The van der Waals surface area contributed by atoms with Crippen molar-refractivity contribution in [2.75, 3.05) is 0 Å². The van der Waals surface area contributed by atoms with Gasteiger partial charge in [-0.1, -0.05) is 42.5 Å². The molecule has 1 amide bonds. The van der Waals surface area contributed by atoms with E-state index < -0.39 is 10.0 Å². The molecule has 2 rings (SSSR count). The Morgan fingerprint density at radius 3 is 2.48 bits per heavy atom. The Balaban J connectivity index is 1.98. The van der Waals surface area contributed by atoms with Crippen molar-refractivity contribution in [3.05, 3.63) is 71.8 Å². The highest BCUT2D eigenvalue weighted by molar-refractivity contribution is 7.89. The van der Waals surface area contributed by atoms with E-state index in [0.717, 1.165) is 5.56 Å². The van der Waals surface area contributed by atoms with Crippen LogP contribution in [0.1, 0.15) is 25.0 Å². The van der Waals surface area contributed by atoms with Crippen LogP contribution in [0.4, 0.5) is 0 Å². The molecule has 5 nitrogen and oxygen atoms in total. The van der Waals surface area contributed by atoms with Crippen LogP contribution in [0.5, 0.6) is 0 Å². The molecule has 0 aliphatic carbocycles. The molecule has 0 spiro atoms. The maximum Gasteiger partial charge on any atom is 0.244 e. The summed E-state index contributed by atoms with van der Waals surface area (Å²) in [6.07, 6.45) is 3.18. The van der Waals surface area contributed by atoms with Crippen molar-refractivity contribution in [3.8, 4) is 0 Å². The summed E-state index contributed by atoms with van der Waals surface area (Å²) in [6.45, 7) is 3.78. The second-order valence-corrected chi connectivity index (χ2v) is 7.60. The molecule has 0 fully saturated rings. The summed E-state index contributed by atoms with van der Waals surface area (Å²) in [6, 6.07) is 15.9. The minimum atomic E-state index is -3.54. The van der Waals surface area contributed by atoms with Crippen molar-refractivity contribution in [2.45, 2.75) is 31.3 Å². The smallest absolute Gasteiger partial charge is 0.244 e. The number of hydrogen-bond donors (Lipinski definition) is 2. The quantitative estimate of drug-likeness (QED) is 0.747. The first-order valence-corrected chi connectivity index (χ1v) is 9.47. The van der Waals surface area contributed by atoms with Gasteiger partial charge in [0.05, 0.1) is 4.90 Å². The molecule has 0 radical (unpaired) electrons. The largest absolute Gasteiger partial charge is 0.348 e. The van der Waals surface area contributed by atoms with E-state index in [9.17, 15) is 13.2 Å². The van der Waals surface area contributed by atoms with Crippen LogP contribution in [0.3, 0.4) is 0 Å². The first kappa shape index (κ1) is 18.9. The van der Waals surface area contributed by atoms with Crippen molar-refractivity contribution >= 4 is 22.0 Å². The number of carbonyl (C=O) groups excluding carboxylic acids is 1. The van der Waals surface area contributed by atoms with Gasteiger partial charge in [-0.05, 0) is 43.2 Å². The molecule has 2 N–H and O–H groups in total. The molecule has 0 heterocycles. The summed E-state index contributed by atoms with van der Waals surface area (Å²) in [5.74, 6) is -0.239. The maximum atomic E-state index is 12.2. The van der Waals surface area contributed by atoms with Crippen LogP contribution in [-0.2, 0) is 21.4 Å². The molecule has 132 valence electrons. The highest BCUT2D eigenvalue weighted by Gasteiger charge is 2.15. The number of carbonyl (C=O) groups is 1. The Kier molecular flexibility index (Phi) is 6.50. The second kappa shape index (κ2) is 8.60. The third kappa shape index (κ3) is 6.17. The van der Waals surface area contributed by atoms with Crippen LogP contribution in [-0.4, -0.2) is 20.4 Å². The van der Waals surface area contributed by atoms with Gasteiger partial charge in [0.25, 0.3) is 0 Å². The molecule has 2 aromatic carbocycles. The fourth-order valence-corrected chi connectivity index (χ4v) is 3.51. The van der Waals surface area contributed by atoms with E-state index in [4.69, 9.17) is 0 Å². The number of benzene rings is 2.